The minimum absolute atomic E-state index is 0.790. The molecule has 0 unspecified atom stereocenters. The second-order valence-corrected chi connectivity index (χ2v) is 3.70. The van der Waals surface area contributed by atoms with Gasteiger partial charge in [0.2, 0.25) is 0 Å². The van der Waals surface area contributed by atoms with Crippen LogP contribution >= 0.6 is 0 Å². The van der Waals surface area contributed by atoms with Crippen LogP contribution in [0.3, 0.4) is 0 Å². The van der Waals surface area contributed by atoms with Gasteiger partial charge in [-0.3, -0.25) is 0 Å². The predicted octanol–water partition coefficient (Wildman–Crippen LogP) is 2.24. The van der Waals surface area contributed by atoms with E-state index in [-0.39, 0.29) is 0 Å². The highest BCUT2D eigenvalue weighted by molar-refractivity contribution is 5.39. The number of nitrogen functional groups attached to an aromatic ring is 1. The normalized spacial score (nSPS) is 10.2. The number of nitrogens with two attached hydrogens (primary N) is 1. The minimum Gasteiger partial charge on any atom is -0.399 e. The Morgan fingerprint density at radius 1 is 1.31 bits per heavy atom. The van der Waals surface area contributed by atoms with Crippen LogP contribution < -0.4 is 5.73 Å². The molecule has 0 bridgehead atoms. The van der Waals surface area contributed by atoms with Crippen LogP contribution in [0.5, 0.6) is 0 Å². The van der Waals surface area contributed by atoms with Crippen LogP contribution in [0.1, 0.15) is 11.4 Å². The van der Waals surface area contributed by atoms with Crippen molar-refractivity contribution in [1.82, 2.24) is 9.55 Å². The predicted molar refractivity (Wildman–Crippen MR) is 66.1 cm³/mol. The Balaban J connectivity index is 2.16. The van der Waals surface area contributed by atoms with Crippen LogP contribution in [0, 0.1) is 0 Å². The molecule has 2 N–H and O–H groups in total. The SMILES string of the molecule is C=CCn1ccnc1Cc1ccc(N)cc1. The quantitative estimate of drug-likeness (QED) is 0.625. The topological polar surface area (TPSA) is 43.8 Å². The van der Waals surface area contributed by atoms with Gasteiger partial charge in [0.05, 0.1) is 0 Å². The molecule has 2 aromatic rings. The minimum atomic E-state index is 0.790. The average molecular weight is 213 g/mol. The van der Waals surface area contributed by atoms with Crippen LogP contribution in [-0.4, -0.2) is 9.55 Å². The number of aromatic nitrogens is 2. The molecule has 3 nitrogen and oxygen atoms in total. The molecular weight excluding hydrogens is 198 g/mol. The van der Waals surface area contributed by atoms with Crippen molar-refractivity contribution in [2.24, 2.45) is 0 Å². The number of hydrogen-bond donors (Lipinski definition) is 1. The maximum absolute atomic E-state index is 5.64. The third-order valence-corrected chi connectivity index (χ3v) is 2.47. The number of rotatable bonds is 4. The van der Waals surface area contributed by atoms with Crippen LogP contribution in [0.2, 0.25) is 0 Å². The van der Waals surface area contributed by atoms with Crippen molar-refractivity contribution in [2.75, 3.05) is 5.73 Å². The van der Waals surface area contributed by atoms with E-state index < -0.39 is 0 Å². The molecule has 1 aromatic heterocycles. The van der Waals surface area contributed by atoms with Gasteiger partial charge >= 0.3 is 0 Å². The van der Waals surface area contributed by atoms with E-state index in [2.05, 4.69) is 16.1 Å². The van der Waals surface area contributed by atoms with Crippen LogP contribution in [0.4, 0.5) is 5.69 Å². The fraction of sp³-hybridized carbons (Fsp3) is 0.154. The lowest BCUT2D eigenvalue weighted by atomic mass is 10.1. The lowest BCUT2D eigenvalue weighted by Gasteiger charge is -2.05. The Morgan fingerprint density at radius 2 is 2.06 bits per heavy atom. The van der Waals surface area contributed by atoms with Crippen molar-refractivity contribution >= 4 is 5.69 Å². The van der Waals surface area contributed by atoms with Crippen molar-refractivity contribution in [3.63, 3.8) is 0 Å². The van der Waals surface area contributed by atoms with Gasteiger partial charge in [-0.2, -0.15) is 0 Å². The van der Waals surface area contributed by atoms with Crippen molar-refractivity contribution in [1.29, 1.82) is 0 Å². The molecule has 0 aliphatic carbocycles. The highest BCUT2D eigenvalue weighted by Crippen LogP contribution is 2.10. The standard InChI is InChI=1S/C13H15N3/c1-2-8-16-9-7-15-13(16)10-11-3-5-12(14)6-4-11/h2-7,9H,1,8,10,14H2. The van der Waals surface area contributed by atoms with Crippen LogP contribution in [-0.2, 0) is 13.0 Å². The van der Waals surface area contributed by atoms with Crippen molar-refractivity contribution < 1.29 is 0 Å². The molecule has 3 heteroatoms. The zero-order valence-corrected chi connectivity index (χ0v) is 9.13. The first-order valence-corrected chi connectivity index (χ1v) is 5.25. The summed E-state index contributed by atoms with van der Waals surface area (Å²) in [6.07, 6.45) is 6.47. The summed E-state index contributed by atoms with van der Waals surface area (Å²) in [5.74, 6) is 1.05. The van der Waals surface area contributed by atoms with Gasteiger partial charge in [0.1, 0.15) is 5.82 Å². The number of anilines is 1. The maximum Gasteiger partial charge on any atom is 0.113 e. The monoisotopic (exact) mass is 213 g/mol. The zero-order chi connectivity index (χ0) is 11.4. The van der Waals surface area contributed by atoms with E-state index in [1.807, 2.05) is 42.7 Å². The van der Waals surface area contributed by atoms with Crippen LogP contribution in [0.15, 0.2) is 49.3 Å². The van der Waals surface area contributed by atoms with Gasteiger partial charge in [-0.1, -0.05) is 18.2 Å². The molecule has 0 aliphatic heterocycles. The Labute approximate surface area is 95.2 Å². The molecule has 0 radical (unpaired) electrons. The molecule has 0 aliphatic rings. The van der Waals surface area contributed by atoms with E-state index >= 15 is 0 Å². The third kappa shape index (κ3) is 2.31. The summed E-state index contributed by atoms with van der Waals surface area (Å²) in [6, 6.07) is 7.89. The van der Waals surface area contributed by atoms with E-state index in [0.717, 1.165) is 24.5 Å². The van der Waals surface area contributed by atoms with Gasteiger partial charge in [-0.05, 0) is 17.7 Å². The molecule has 82 valence electrons. The summed E-state index contributed by atoms with van der Waals surface area (Å²) in [5, 5.41) is 0. The largest absolute Gasteiger partial charge is 0.399 e. The van der Waals surface area contributed by atoms with Crippen LogP contribution in [0.25, 0.3) is 0 Å². The highest BCUT2D eigenvalue weighted by atomic mass is 15.0. The maximum atomic E-state index is 5.64. The summed E-state index contributed by atoms with van der Waals surface area (Å²) >= 11 is 0. The molecule has 0 amide bonds. The first-order valence-electron chi connectivity index (χ1n) is 5.25. The number of imidazole rings is 1. The molecule has 2 rings (SSSR count). The lowest BCUT2D eigenvalue weighted by Crippen LogP contribution is -2.02. The summed E-state index contributed by atoms with van der Waals surface area (Å²) in [5.41, 5.74) is 7.65. The number of nitrogens with zero attached hydrogens (tertiary/aromatic N) is 2. The van der Waals surface area contributed by atoms with E-state index in [0.29, 0.717) is 0 Å². The van der Waals surface area contributed by atoms with Gasteiger partial charge in [0.25, 0.3) is 0 Å². The van der Waals surface area contributed by atoms with Gasteiger partial charge in [-0.15, -0.1) is 6.58 Å². The summed E-state index contributed by atoms with van der Waals surface area (Å²) in [6.45, 7) is 4.53. The Morgan fingerprint density at radius 3 is 2.75 bits per heavy atom. The molecule has 0 spiro atoms. The van der Waals surface area contributed by atoms with Gasteiger partial charge in [0, 0.05) is 31.0 Å². The van der Waals surface area contributed by atoms with Gasteiger partial charge in [0.15, 0.2) is 0 Å². The smallest absolute Gasteiger partial charge is 0.113 e. The van der Waals surface area contributed by atoms with E-state index in [1.54, 1.807) is 0 Å². The average Bonchev–Trinajstić information content (AvgIpc) is 2.70. The summed E-state index contributed by atoms with van der Waals surface area (Å²) in [7, 11) is 0. The van der Waals surface area contributed by atoms with Gasteiger partial charge in [-0.25, -0.2) is 4.98 Å². The first kappa shape index (κ1) is 10.5. The van der Waals surface area contributed by atoms with Gasteiger partial charge < -0.3 is 10.3 Å². The second kappa shape index (κ2) is 4.66. The molecule has 0 saturated heterocycles. The Kier molecular flexibility index (Phi) is 3.05. The number of benzene rings is 1. The Hall–Kier alpha value is -2.03. The molecule has 16 heavy (non-hydrogen) atoms. The number of allylic oxidation sites excluding steroid dienone is 1. The molecule has 0 fully saturated rings. The lowest BCUT2D eigenvalue weighted by molar-refractivity contribution is 0.758. The number of hydrogen-bond acceptors (Lipinski definition) is 2. The zero-order valence-electron chi connectivity index (χ0n) is 9.13. The van der Waals surface area contributed by atoms with E-state index in [1.165, 1.54) is 5.56 Å². The Bertz CT molecular complexity index is 468. The van der Waals surface area contributed by atoms with Crippen molar-refractivity contribution in [3.05, 3.63) is 60.7 Å². The van der Waals surface area contributed by atoms with Crippen molar-refractivity contribution in [2.45, 2.75) is 13.0 Å². The first-order chi connectivity index (χ1) is 7.79. The fourth-order valence-electron chi connectivity index (χ4n) is 1.63. The molecule has 0 atom stereocenters. The summed E-state index contributed by atoms with van der Waals surface area (Å²) in [4.78, 5) is 4.34. The molecule has 1 aromatic carbocycles. The molecule has 1 heterocycles. The van der Waals surface area contributed by atoms with E-state index in [9.17, 15) is 0 Å². The molecular formula is C13H15N3. The second-order valence-electron chi connectivity index (χ2n) is 3.70. The fourth-order valence-corrected chi connectivity index (χ4v) is 1.63. The molecule has 0 saturated carbocycles. The summed E-state index contributed by atoms with van der Waals surface area (Å²) < 4.78 is 2.09. The van der Waals surface area contributed by atoms with E-state index in [4.69, 9.17) is 5.73 Å². The van der Waals surface area contributed by atoms with Crippen molar-refractivity contribution in [3.8, 4) is 0 Å². The highest BCUT2D eigenvalue weighted by Gasteiger charge is 2.02. The third-order valence-electron chi connectivity index (χ3n) is 2.47.